The monoisotopic (exact) mass is 333 g/mol. The summed E-state index contributed by atoms with van der Waals surface area (Å²) in [5, 5.41) is 3.02. The zero-order valence-electron chi connectivity index (χ0n) is 12.5. The lowest BCUT2D eigenvalue weighted by atomic mass is 10.2. The molecule has 120 valence electrons. The summed E-state index contributed by atoms with van der Waals surface area (Å²) in [5.41, 5.74) is 6.89. The Morgan fingerprint density at radius 2 is 2.00 bits per heavy atom. The normalized spacial score (nSPS) is 22.8. The van der Waals surface area contributed by atoms with Crippen molar-refractivity contribution in [1.29, 1.82) is 0 Å². The summed E-state index contributed by atoms with van der Waals surface area (Å²) in [4.78, 5) is 14.0. The number of likely N-dealkylation sites (tertiary alicyclic amines) is 1. The number of halogens is 2. The van der Waals surface area contributed by atoms with Crippen molar-refractivity contribution in [1.82, 2.24) is 10.2 Å². The molecular formula is C15H25Cl2N3O. The number of nitrogens with two attached hydrogens (primary N) is 1. The number of nitrogens with one attached hydrogen (secondary N) is 1. The van der Waals surface area contributed by atoms with Crippen molar-refractivity contribution >= 4 is 30.7 Å². The third-order valence-corrected chi connectivity index (χ3v) is 3.69. The summed E-state index contributed by atoms with van der Waals surface area (Å²) < 4.78 is 0. The van der Waals surface area contributed by atoms with E-state index in [4.69, 9.17) is 5.73 Å². The van der Waals surface area contributed by atoms with Gasteiger partial charge in [-0.05, 0) is 25.8 Å². The Morgan fingerprint density at radius 3 is 2.57 bits per heavy atom. The number of carbonyl (C=O) groups excluding carboxylic acids is 1. The summed E-state index contributed by atoms with van der Waals surface area (Å²) in [6.45, 7) is 5.76. The average Bonchev–Trinajstić information content (AvgIpc) is 2.71. The molecule has 1 fully saturated rings. The van der Waals surface area contributed by atoms with Gasteiger partial charge < -0.3 is 11.1 Å². The van der Waals surface area contributed by atoms with E-state index in [1.807, 2.05) is 6.07 Å². The lowest BCUT2D eigenvalue weighted by Gasteiger charge is -2.21. The highest BCUT2D eigenvalue weighted by Gasteiger charge is 2.30. The van der Waals surface area contributed by atoms with Gasteiger partial charge in [0, 0.05) is 25.2 Å². The first kappa shape index (κ1) is 20.2. The molecule has 6 heteroatoms. The van der Waals surface area contributed by atoms with Crippen LogP contribution < -0.4 is 11.1 Å². The van der Waals surface area contributed by atoms with Gasteiger partial charge in [-0.15, -0.1) is 24.8 Å². The molecule has 1 aliphatic heterocycles. The van der Waals surface area contributed by atoms with Crippen molar-refractivity contribution in [3.05, 3.63) is 35.9 Å². The molecule has 0 aliphatic carbocycles. The van der Waals surface area contributed by atoms with Crippen molar-refractivity contribution in [3.63, 3.8) is 0 Å². The van der Waals surface area contributed by atoms with Gasteiger partial charge in [0.05, 0.1) is 6.04 Å². The predicted molar refractivity (Wildman–Crippen MR) is 91.0 cm³/mol. The second-order valence-electron chi connectivity index (χ2n) is 5.49. The van der Waals surface area contributed by atoms with E-state index in [9.17, 15) is 4.79 Å². The molecule has 2 rings (SSSR count). The molecule has 0 aromatic heterocycles. The van der Waals surface area contributed by atoms with Crippen LogP contribution in [0.3, 0.4) is 0 Å². The van der Waals surface area contributed by atoms with Crippen LogP contribution in [-0.4, -0.2) is 35.5 Å². The van der Waals surface area contributed by atoms with Crippen LogP contribution in [0.5, 0.6) is 0 Å². The van der Waals surface area contributed by atoms with E-state index < -0.39 is 6.04 Å². The maximum absolute atomic E-state index is 11.6. The highest BCUT2D eigenvalue weighted by Crippen LogP contribution is 2.20. The van der Waals surface area contributed by atoms with Crippen LogP contribution in [0.25, 0.3) is 0 Å². The molecule has 21 heavy (non-hydrogen) atoms. The number of rotatable bonds is 4. The molecule has 3 N–H and O–H groups in total. The Hall–Kier alpha value is -0.810. The Morgan fingerprint density at radius 1 is 1.38 bits per heavy atom. The van der Waals surface area contributed by atoms with E-state index in [1.165, 1.54) is 5.56 Å². The molecule has 2 unspecified atom stereocenters. The molecule has 1 aromatic carbocycles. The molecule has 1 aliphatic rings. The van der Waals surface area contributed by atoms with E-state index in [0.717, 1.165) is 19.5 Å². The van der Waals surface area contributed by atoms with Gasteiger partial charge in [-0.1, -0.05) is 30.3 Å². The summed E-state index contributed by atoms with van der Waals surface area (Å²) in [6.07, 6.45) is 0.991. The van der Waals surface area contributed by atoms with Gasteiger partial charge in [0.1, 0.15) is 0 Å². The molecular weight excluding hydrogens is 309 g/mol. The second kappa shape index (κ2) is 9.26. The van der Waals surface area contributed by atoms with Gasteiger partial charge in [0.25, 0.3) is 0 Å². The van der Waals surface area contributed by atoms with Crippen molar-refractivity contribution < 1.29 is 4.79 Å². The molecule has 0 saturated carbocycles. The quantitative estimate of drug-likeness (QED) is 0.885. The van der Waals surface area contributed by atoms with Gasteiger partial charge in [0.15, 0.2) is 0 Å². The molecule has 0 bridgehead atoms. The third kappa shape index (κ3) is 5.83. The Balaban J connectivity index is 0.00000200. The predicted octanol–water partition coefficient (Wildman–Crippen LogP) is 1.96. The first-order valence-corrected chi connectivity index (χ1v) is 6.90. The molecule has 0 radical (unpaired) electrons. The van der Waals surface area contributed by atoms with Crippen molar-refractivity contribution in [3.8, 4) is 0 Å². The van der Waals surface area contributed by atoms with E-state index >= 15 is 0 Å². The fourth-order valence-electron chi connectivity index (χ4n) is 2.57. The zero-order valence-corrected chi connectivity index (χ0v) is 14.1. The molecule has 1 amide bonds. The van der Waals surface area contributed by atoms with Crippen LogP contribution in [0.1, 0.15) is 25.8 Å². The van der Waals surface area contributed by atoms with Gasteiger partial charge in [-0.25, -0.2) is 0 Å². The Kier molecular flexibility index (Phi) is 8.90. The summed E-state index contributed by atoms with van der Waals surface area (Å²) in [6, 6.07) is 10.7. The number of hydrogen-bond donors (Lipinski definition) is 2. The number of carbonyl (C=O) groups is 1. The van der Waals surface area contributed by atoms with Crippen LogP contribution >= 0.6 is 24.8 Å². The topological polar surface area (TPSA) is 58.4 Å². The van der Waals surface area contributed by atoms with Gasteiger partial charge in [-0.2, -0.15) is 0 Å². The van der Waals surface area contributed by atoms with Gasteiger partial charge in [0.2, 0.25) is 5.91 Å². The molecule has 1 saturated heterocycles. The molecule has 1 aromatic rings. The zero-order chi connectivity index (χ0) is 13.8. The summed E-state index contributed by atoms with van der Waals surface area (Å²) in [7, 11) is 0. The van der Waals surface area contributed by atoms with Crippen LogP contribution in [0.4, 0.5) is 0 Å². The highest BCUT2D eigenvalue weighted by molar-refractivity contribution is 5.85. The highest BCUT2D eigenvalue weighted by atomic mass is 35.5. The molecule has 3 atom stereocenters. The van der Waals surface area contributed by atoms with Crippen LogP contribution in [0, 0.1) is 0 Å². The fraction of sp³-hybridized carbons (Fsp3) is 0.533. The molecule has 1 heterocycles. The third-order valence-electron chi connectivity index (χ3n) is 3.69. The van der Waals surface area contributed by atoms with E-state index in [0.29, 0.717) is 6.04 Å². The average molecular weight is 334 g/mol. The van der Waals surface area contributed by atoms with Crippen LogP contribution in [0.2, 0.25) is 0 Å². The summed E-state index contributed by atoms with van der Waals surface area (Å²) in [5.74, 6) is -0.0567. The van der Waals surface area contributed by atoms with Crippen molar-refractivity contribution in [2.75, 3.05) is 6.54 Å². The molecule has 4 nitrogen and oxygen atoms in total. The number of hydrogen-bond acceptors (Lipinski definition) is 3. The minimum absolute atomic E-state index is 0. The molecule has 0 spiro atoms. The minimum atomic E-state index is -0.432. The Bertz CT molecular complexity index is 428. The lowest BCUT2D eigenvalue weighted by Crippen LogP contribution is -2.44. The van der Waals surface area contributed by atoms with Crippen molar-refractivity contribution in [2.45, 2.75) is 44.9 Å². The second-order valence-corrected chi connectivity index (χ2v) is 5.49. The SMILES string of the molecule is CC1CC(NC(=O)[C@@H](C)N)CN1Cc1ccccc1.Cl.Cl. The van der Waals surface area contributed by atoms with E-state index in [-0.39, 0.29) is 36.8 Å². The van der Waals surface area contributed by atoms with E-state index in [2.05, 4.69) is 41.4 Å². The maximum atomic E-state index is 11.6. The van der Waals surface area contributed by atoms with Crippen molar-refractivity contribution in [2.24, 2.45) is 5.73 Å². The van der Waals surface area contributed by atoms with Gasteiger partial charge in [-0.3, -0.25) is 9.69 Å². The number of amides is 1. The fourth-order valence-corrected chi connectivity index (χ4v) is 2.57. The maximum Gasteiger partial charge on any atom is 0.236 e. The smallest absolute Gasteiger partial charge is 0.236 e. The van der Waals surface area contributed by atoms with Crippen LogP contribution in [0.15, 0.2) is 30.3 Å². The Labute approximate surface area is 139 Å². The van der Waals surface area contributed by atoms with Gasteiger partial charge >= 0.3 is 0 Å². The minimum Gasteiger partial charge on any atom is -0.351 e. The number of nitrogens with zero attached hydrogens (tertiary/aromatic N) is 1. The van der Waals surface area contributed by atoms with Crippen LogP contribution in [-0.2, 0) is 11.3 Å². The largest absolute Gasteiger partial charge is 0.351 e. The lowest BCUT2D eigenvalue weighted by molar-refractivity contribution is -0.122. The first-order valence-electron chi connectivity index (χ1n) is 6.90. The standard InChI is InChI=1S/C15H23N3O.2ClH/c1-11-8-14(17-15(19)12(2)16)10-18(11)9-13-6-4-3-5-7-13;;/h3-7,11-12,14H,8-10,16H2,1-2H3,(H,17,19);2*1H/t11?,12-,14?;;/m1../s1. The van der Waals surface area contributed by atoms with E-state index in [1.54, 1.807) is 6.92 Å². The first-order chi connectivity index (χ1) is 9.06. The number of benzene rings is 1. The summed E-state index contributed by atoms with van der Waals surface area (Å²) >= 11 is 0.